The lowest BCUT2D eigenvalue weighted by molar-refractivity contribution is -0.143. The zero-order valence-electron chi connectivity index (χ0n) is 7.32. The maximum absolute atomic E-state index is 10.9. The second-order valence-electron chi connectivity index (χ2n) is 2.41. The Bertz CT molecular complexity index is 328. The molecule has 1 N–H and O–H groups in total. The molecule has 0 bridgehead atoms. The van der Waals surface area contributed by atoms with E-state index >= 15 is 0 Å². The van der Waals surface area contributed by atoms with Gasteiger partial charge in [-0.05, 0) is 6.92 Å². The van der Waals surface area contributed by atoms with Crippen LogP contribution in [0.5, 0.6) is 0 Å². The standard InChI is InChI=1S/C7H11N3O3/c1-2-13-6(11)3-4-10-5-8-9-7(10)12/h5H,2-4H2,1H3,(H,9,12). The average molecular weight is 185 g/mol. The number of aromatic amines is 1. The molecule has 1 aromatic heterocycles. The topological polar surface area (TPSA) is 77.0 Å². The first kappa shape index (κ1) is 9.50. The molecular formula is C7H11N3O3. The van der Waals surface area contributed by atoms with Gasteiger partial charge in [0.15, 0.2) is 0 Å². The number of carbonyl (C=O) groups excluding carboxylic acids is 1. The Hall–Kier alpha value is -1.59. The second kappa shape index (κ2) is 4.44. The predicted molar refractivity (Wildman–Crippen MR) is 44.1 cm³/mol. The van der Waals surface area contributed by atoms with E-state index in [-0.39, 0.29) is 18.1 Å². The van der Waals surface area contributed by atoms with Crippen molar-refractivity contribution in [1.82, 2.24) is 14.8 Å². The van der Waals surface area contributed by atoms with E-state index in [2.05, 4.69) is 10.2 Å². The smallest absolute Gasteiger partial charge is 0.343 e. The Labute approximate surface area is 74.5 Å². The third kappa shape index (κ3) is 2.73. The molecule has 0 aliphatic heterocycles. The van der Waals surface area contributed by atoms with Gasteiger partial charge in [-0.3, -0.25) is 9.36 Å². The SMILES string of the molecule is CCOC(=O)CCn1cn[nH]c1=O. The van der Waals surface area contributed by atoms with Gasteiger partial charge in [0.1, 0.15) is 6.33 Å². The van der Waals surface area contributed by atoms with Crippen molar-refractivity contribution in [3.63, 3.8) is 0 Å². The molecule has 0 spiro atoms. The van der Waals surface area contributed by atoms with Crippen molar-refractivity contribution in [2.45, 2.75) is 19.9 Å². The molecule has 13 heavy (non-hydrogen) atoms. The number of hydrogen-bond donors (Lipinski definition) is 1. The van der Waals surface area contributed by atoms with Gasteiger partial charge in [0.2, 0.25) is 0 Å². The summed E-state index contributed by atoms with van der Waals surface area (Å²) in [6, 6.07) is 0. The largest absolute Gasteiger partial charge is 0.466 e. The van der Waals surface area contributed by atoms with Crippen molar-refractivity contribution >= 4 is 5.97 Å². The normalized spacial score (nSPS) is 9.92. The number of esters is 1. The van der Waals surface area contributed by atoms with Crippen LogP contribution in [0.15, 0.2) is 11.1 Å². The van der Waals surface area contributed by atoms with Gasteiger partial charge in [-0.25, -0.2) is 9.89 Å². The highest BCUT2D eigenvalue weighted by atomic mass is 16.5. The monoisotopic (exact) mass is 185 g/mol. The Morgan fingerprint density at radius 2 is 2.54 bits per heavy atom. The Morgan fingerprint density at radius 3 is 3.08 bits per heavy atom. The predicted octanol–water partition coefficient (Wildman–Crippen LogP) is -0.475. The van der Waals surface area contributed by atoms with Gasteiger partial charge in [0, 0.05) is 6.54 Å². The minimum atomic E-state index is -0.315. The van der Waals surface area contributed by atoms with Crippen LogP contribution in [0.1, 0.15) is 13.3 Å². The Kier molecular flexibility index (Phi) is 3.24. The van der Waals surface area contributed by atoms with Crippen LogP contribution in [0.25, 0.3) is 0 Å². The fourth-order valence-corrected chi connectivity index (χ4v) is 0.875. The summed E-state index contributed by atoms with van der Waals surface area (Å²) in [5.74, 6) is -0.310. The molecule has 0 aliphatic carbocycles. The highest BCUT2D eigenvalue weighted by molar-refractivity contribution is 5.69. The van der Waals surface area contributed by atoms with Gasteiger partial charge >= 0.3 is 11.7 Å². The lowest BCUT2D eigenvalue weighted by Crippen LogP contribution is -2.18. The van der Waals surface area contributed by atoms with Crippen molar-refractivity contribution in [3.05, 3.63) is 16.8 Å². The first-order valence-electron chi connectivity index (χ1n) is 3.99. The molecule has 0 saturated heterocycles. The molecule has 0 radical (unpaired) electrons. The van der Waals surface area contributed by atoms with Crippen molar-refractivity contribution < 1.29 is 9.53 Å². The number of aromatic nitrogens is 3. The lowest BCUT2D eigenvalue weighted by atomic mass is 10.4. The molecule has 0 saturated carbocycles. The van der Waals surface area contributed by atoms with E-state index in [1.165, 1.54) is 10.9 Å². The Morgan fingerprint density at radius 1 is 1.77 bits per heavy atom. The number of aryl methyl sites for hydroxylation is 1. The molecule has 0 unspecified atom stereocenters. The molecule has 0 fully saturated rings. The highest BCUT2D eigenvalue weighted by Gasteiger charge is 2.03. The summed E-state index contributed by atoms with van der Waals surface area (Å²) in [4.78, 5) is 21.8. The molecule has 1 heterocycles. The van der Waals surface area contributed by atoms with Crippen LogP contribution in [0.4, 0.5) is 0 Å². The van der Waals surface area contributed by atoms with E-state index in [9.17, 15) is 9.59 Å². The summed E-state index contributed by atoms with van der Waals surface area (Å²) >= 11 is 0. The zero-order chi connectivity index (χ0) is 9.68. The third-order valence-corrected chi connectivity index (χ3v) is 1.48. The minimum Gasteiger partial charge on any atom is -0.466 e. The van der Waals surface area contributed by atoms with E-state index in [0.29, 0.717) is 13.2 Å². The molecule has 0 aliphatic rings. The molecule has 72 valence electrons. The van der Waals surface area contributed by atoms with Gasteiger partial charge in [0.05, 0.1) is 13.0 Å². The summed E-state index contributed by atoms with van der Waals surface area (Å²) in [6.07, 6.45) is 1.54. The molecule has 0 aromatic carbocycles. The number of carbonyl (C=O) groups is 1. The first-order valence-corrected chi connectivity index (χ1v) is 3.99. The number of nitrogens with zero attached hydrogens (tertiary/aromatic N) is 2. The van der Waals surface area contributed by atoms with Crippen LogP contribution in [-0.4, -0.2) is 27.3 Å². The van der Waals surface area contributed by atoms with Gasteiger partial charge in [-0.15, -0.1) is 0 Å². The highest BCUT2D eigenvalue weighted by Crippen LogP contribution is 1.89. The van der Waals surface area contributed by atoms with Crippen molar-refractivity contribution in [1.29, 1.82) is 0 Å². The van der Waals surface area contributed by atoms with E-state index in [4.69, 9.17) is 4.74 Å². The minimum absolute atomic E-state index is 0.188. The number of H-pyrrole nitrogens is 1. The van der Waals surface area contributed by atoms with E-state index in [0.717, 1.165) is 0 Å². The number of ether oxygens (including phenoxy) is 1. The number of hydrogen-bond acceptors (Lipinski definition) is 4. The number of rotatable bonds is 4. The maximum Gasteiger partial charge on any atom is 0.343 e. The molecular weight excluding hydrogens is 174 g/mol. The van der Waals surface area contributed by atoms with Crippen LogP contribution < -0.4 is 5.69 Å². The first-order chi connectivity index (χ1) is 6.24. The molecule has 0 atom stereocenters. The fourth-order valence-electron chi connectivity index (χ4n) is 0.875. The van der Waals surface area contributed by atoms with Crippen molar-refractivity contribution in [2.24, 2.45) is 0 Å². The molecule has 1 rings (SSSR count). The van der Waals surface area contributed by atoms with Gasteiger partial charge < -0.3 is 4.74 Å². The van der Waals surface area contributed by atoms with Crippen LogP contribution in [0, 0.1) is 0 Å². The van der Waals surface area contributed by atoms with Gasteiger partial charge in [-0.2, -0.15) is 5.10 Å². The molecule has 0 amide bonds. The summed E-state index contributed by atoms with van der Waals surface area (Å²) < 4.78 is 6.01. The third-order valence-electron chi connectivity index (χ3n) is 1.48. The van der Waals surface area contributed by atoms with Crippen LogP contribution in [-0.2, 0) is 16.1 Å². The average Bonchev–Trinajstić information content (AvgIpc) is 2.48. The van der Waals surface area contributed by atoms with Gasteiger partial charge in [0.25, 0.3) is 0 Å². The fraction of sp³-hybridized carbons (Fsp3) is 0.571. The van der Waals surface area contributed by atoms with Gasteiger partial charge in [-0.1, -0.05) is 0 Å². The zero-order valence-corrected chi connectivity index (χ0v) is 7.32. The number of nitrogens with one attached hydrogen (secondary N) is 1. The van der Waals surface area contributed by atoms with Crippen LogP contribution in [0.2, 0.25) is 0 Å². The molecule has 1 aromatic rings. The summed E-state index contributed by atoms with van der Waals surface area (Å²) in [7, 11) is 0. The summed E-state index contributed by atoms with van der Waals surface area (Å²) in [5, 5.41) is 5.75. The quantitative estimate of drug-likeness (QED) is 0.643. The van der Waals surface area contributed by atoms with E-state index < -0.39 is 0 Å². The second-order valence-corrected chi connectivity index (χ2v) is 2.41. The maximum atomic E-state index is 10.9. The lowest BCUT2D eigenvalue weighted by Gasteiger charge is -2.00. The molecule has 6 nitrogen and oxygen atoms in total. The van der Waals surface area contributed by atoms with E-state index in [1.54, 1.807) is 6.92 Å². The Balaban J connectivity index is 2.39. The molecule has 6 heteroatoms. The van der Waals surface area contributed by atoms with Crippen LogP contribution >= 0.6 is 0 Å². The van der Waals surface area contributed by atoms with Crippen molar-refractivity contribution in [2.75, 3.05) is 6.61 Å². The summed E-state index contributed by atoms with van der Waals surface area (Å²) in [5.41, 5.74) is -0.315. The summed E-state index contributed by atoms with van der Waals surface area (Å²) in [6.45, 7) is 2.40. The van der Waals surface area contributed by atoms with E-state index in [1.807, 2.05) is 0 Å². The van der Waals surface area contributed by atoms with Crippen molar-refractivity contribution in [3.8, 4) is 0 Å². The van der Waals surface area contributed by atoms with Crippen LogP contribution in [0.3, 0.4) is 0 Å².